The van der Waals surface area contributed by atoms with Crippen LogP contribution in [0.1, 0.15) is 33.8 Å². The number of likely N-dealkylation sites (tertiary alicyclic amines) is 1. The van der Waals surface area contributed by atoms with Crippen LogP contribution >= 0.6 is 0 Å². The van der Waals surface area contributed by atoms with Gasteiger partial charge in [0, 0.05) is 13.1 Å². The number of hydrogen-bond acceptors (Lipinski definition) is 4. The molecule has 0 radical (unpaired) electrons. The van der Waals surface area contributed by atoms with E-state index >= 15 is 0 Å². The van der Waals surface area contributed by atoms with Gasteiger partial charge in [0.25, 0.3) is 11.8 Å². The molecule has 0 saturated carbocycles. The second kappa shape index (κ2) is 9.02. The third kappa shape index (κ3) is 5.40. The van der Waals surface area contributed by atoms with Crippen LogP contribution in [0.25, 0.3) is 0 Å². The monoisotopic (exact) mass is 423 g/mol. The van der Waals surface area contributed by atoms with E-state index in [-0.39, 0.29) is 29.5 Å². The minimum absolute atomic E-state index is 0.0746. The highest BCUT2D eigenvalue weighted by molar-refractivity contribution is 6.04. The van der Waals surface area contributed by atoms with E-state index in [4.69, 9.17) is 4.42 Å². The Morgan fingerprint density at radius 1 is 1.13 bits per heavy atom. The number of hydrogen-bond donors (Lipinski definition) is 2. The molecule has 2 N–H and O–H groups in total. The first-order valence-electron chi connectivity index (χ1n) is 9.32. The Morgan fingerprint density at radius 2 is 1.90 bits per heavy atom. The lowest BCUT2D eigenvalue weighted by Gasteiger charge is -2.31. The molecule has 1 aliphatic heterocycles. The average Bonchev–Trinajstić information content (AvgIpc) is 3.26. The third-order valence-electron chi connectivity index (χ3n) is 4.69. The Bertz CT molecular complexity index is 912. The van der Waals surface area contributed by atoms with Crippen molar-refractivity contribution in [3.05, 3.63) is 54.0 Å². The molecule has 0 bridgehead atoms. The Balaban J connectivity index is 1.66. The predicted molar refractivity (Wildman–Crippen MR) is 101 cm³/mol. The van der Waals surface area contributed by atoms with Crippen LogP contribution in [0.5, 0.6) is 0 Å². The third-order valence-corrected chi connectivity index (χ3v) is 4.69. The molecule has 1 aromatic carbocycles. The number of halogens is 3. The Labute approximate surface area is 170 Å². The molecule has 3 rings (SSSR count). The van der Waals surface area contributed by atoms with Gasteiger partial charge in [0.1, 0.15) is 6.54 Å². The number of benzene rings is 1. The Hall–Kier alpha value is -3.30. The van der Waals surface area contributed by atoms with Gasteiger partial charge in [-0.2, -0.15) is 13.2 Å². The summed E-state index contributed by atoms with van der Waals surface area (Å²) in [4.78, 5) is 38.8. The molecule has 160 valence electrons. The van der Waals surface area contributed by atoms with E-state index in [0.29, 0.717) is 19.4 Å². The zero-order chi connectivity index (χ0) is 21.7. The summed E-state index contributed by atoms with van der Waals surface area (Å²) in [5, 5.41) is 4.40. The summed E-state index contributed by atoms with van der Waals surface area (Å²) in [5.41, 5.74) is 0.0334. The second-order valence-electron chi connectivity index (χ2n) is 6.90. The van der Waals surface area contributed by atoms with Gasteiger partial charge in [-0.15, -0.1) is 0 Å². The number of furan rings is 1. The molecule has 30 heavy (non-hydrogen) atoms. The maximum absolute atomic E-state index is 12.7. The molecule has 1 aliphatic rings. The minimum atomic E-state index is -4.54. The van der Waals surface area contributed by atoms with Crippen molar-refractivity contribution in [2.24, 2.45) is 5.92 Å². The molecule has 10 heteroatoms. The first-order valence-corrected chi connectivity index (χ1v) is 9.32. The molecule has 1 aromatic heterocycles. The van der Waals surface area contributed by atoms with Crippen molar-refractivity contribution < 1.29 is 32.0 Å². The lowest BCUT2D eigenvalue weighted by Crippen LogP contribution is -2.43. The summed E-state index contributed by atoms with van der Waals surface area (Å²) in [5.74, 6) is -2.01. The van der Waals surface area contributed by atoms with E-state index in [1.54, 1.807) is 23.5 Å². The average molecular weight is 423 g/mol. The number of carbonyl (C=O) groups excluding carboxylic acids is 3. The van der Waals surface area contributed by atoms with Crippen molar-refractivity contribution in [1.29, 1.82) is 0 Å². The number of alkyl halides is 3. The zero-order valence-electron chi connectivity index (χ0n) is 15.9. The number of nitrogens with one attached hydrogen (secondary N) is 2. The molecular formula is C20H20F3N3O4. The van der Waals surface area contributed by atoms with E-state index in [0.717, 1.165) is 0 Å². The number of anilines is 1. The molecule has 0 aliphatic carbocycles. The molecule has 3 amide bonds. The summed E-state index contributed by atoms with van der Waals surface area (Å²) >= 11 is 0. The molecule has 0 unspecified atom stereocenters. The van der Waals surface area contributed by atoms with Crippen molar-refractivity contribution in [3.8, 4) is 0 Å². The van der Waals surface area contributed by atoms with Gasteiger partial charge in [-0.1, -0.05) is 12.1 Å². The standard InChI is InChI=1S/C20H20F3N3O4/c21-20(22,23)12-24-18(28)14-6-1-2-7-15(14)25-17(27)13-5-3-9-26(11-13)19(29)16-8-4-10-30-16/h1-2,4,6-8,10,13H,3,5,9,11-12H2,(H,24,28)(H,25,27)/t13-/m0/s1. The maximum atomic E-state index is 12.7. The molecular weight excluding hydrogens is 403 g/mol. The normalized spacial score (nSPS) is 16.8. The van der Waals surface area contributed by atoms with E-state index in [1.807, 2.05) is 0 Å². The topological polar surface area (TPSA) is 91.7 Å². The van der Waals surface area contributed by atoms with Crippen molar-refractivity contribution in [1.82, 2.24) is 10.2 Å². The summed E-state index contributed by atoms with van der Waals surface area (Å²) in [6, 6.07) is 8.96. The van der Waals surface area contributed by atoms with Crippen LogP contribution in [0, 0.1) is 5.92 Å². The smallest absolute Gasteiger partial charge is 0.405 e. The summed E-state index contributed by atoms with van der Waals surface area (Å²) in [6.45, 7) is -0.811. The van der Waals surface area contributed by atoms with Crippen LogP contribution in [-0.4, -0.2) is 48.4 Å². The van der Waals surface area contributed by atoms with Gasteiger partial charge in [-0.05, 0) is 37.1 Å². The second-order valence-corrected chi connectivity index (χ2v) is 6.90. The van der Waals surface area contributed by atoms with Gasteiger partial charge in [-0.25, -0.2) is 0 Å². The fourth-order valence-corrected chi connectivity index (χ4v) is 3.23. The van der Waals surface area contributed by atoms with Gasteiger partial charge < -0.3 is 20.0 Å². The highest BCUT2D eigenvalue weighted by atomic mass is 19.4. The molecule has 1 fully saturated rings. The maximum Gasteiger partial charge on any atom is 0.405 e. The predicted octanol–water partition coefficient (Wildman–Crippen LogP) is 3.06. The number of amides is 3. The highest BCUT2D eigenvalue weighted by Crippen LogP contribution is 2.22. The lowest BCUT2D eigenvalue weighted by atomic mass is 9.96. The SMILES string of the molecule is O=C(NCC(F)(F)F)c1ccccc1NC(=O)[C@H]1CCCN(C(=O)c2ccco2)C1. The number of rotatable bonds is 5. The summed E-state index contributed by atoms with van der Waals surface area (Å²) in [7, 11) is 0. The van der Waals surface area contributed by atoms with E-state index < -0.39 is 30.5 Å². The minimum Gasteiger partial charge on any atom is -0.459 e. The van der Waals surface area contributed by atoms with E-state index in [9.17, 15) is 27.6 Å². The highest BCUT2D eigenvalue weighted by Gasteiger charge is 2.31. The molecule has 7 nitrogen and oxygen atoms in total. The Kier molecular flexibility index (Phi) is 6.43. The number of piperidine rings is 1. The number of nitrogens with zero attached hydrogens (tertiary/aromatic N) is 1. The van der Waals surface area contributed by atoms with Crippen molar-refractivity contribution in [2.45, 2.75) is 19.0 Å². The molecule has 1 saturated heterocycles. The Morgan fingerprint density at radius 3 is 2.60 bits per heavy atom. The van der Waals surface area contributed by atoms with Crippen molar-refractivity contribution in [3.63, 3.8) is 0 Å². The first kappa shape index (κ1) is 21.4. The first-order chi connectivity index (χ1) is 14.2. The van der Waals surface area contributed by atoms with Crippen molar-refractivity contribution in [2.75, 3.05) is 25.0 Å². The van der Waals surface area contributed by atoms with Crippen LogP contribution in [0.15, 0.2) is 47.1 Å². The van der Waals surface area contributed by atoms with Crippen LogP contribution in [0.2, 0.25) is 0 Å². The van der Waals surface area contributed by atoms with E-state index in [2.05, 4.69) is 5.32 Å². The quantitative estimate of drug-likeness (QED) is 0.773. The van der Waals surface area contributed by atoms with Gasteiger partial charge in [-0.3, -0.25) is 14.4 Å². The molecule has 2 aromatic rings. The van der Waals surface area contributed by atoms with Crippen molar-refractivity contribution >= 4 is 23.4 Å². The number of carbonyl (C=O) groups is 3. The van der Waals surface area contributed by atoms with Gasteiger partial charge >= 0.3 is 6.18 Å². The van der Waals surface area contributed by atoms with E-state index in [1.165, 1.54) is 29.4 Å². The van der Waals surface area contributed by atoms with Crippen LogP contribution in [0.3, 0.4) is 0 Å². The van der Waals surface area contributed by atoms with Gasteiger partial charge in [0.15, 0.2) is 5.76 Å². The van der Waals surface area contributed by atoms with Crippen LogP contribution in [-0.2, 0) is 4.79 Å². The van der Waals surface area contributed by atoms with Crippen LogP contribution in [0.4, 0.5) is 18.9 Å². The zero-order valence-corrected chi connectivity index (χ0v) is 15.9. The van der Waals surface area contributed by atoms with Gasteiger partial charge in [0.05, 0.1) is 23.4 Å². The van der Waals surface area contributed by atoms with Gasteiger partial charge in [0.2, 0.25) is 5.91 Å². The fraction of sp³-hybridized carbons (Fsp3) is 0.350. The largest absolute Gasteiger partial charge is 0.459 e. The summed E-state index contributed by atoms with van der Waals surface area (Å²) in [6.07, 6.45) is -2.00. The summed E-state index contributed by atoms with van der Waals surface area (Å²) < 4.78 is 42.2. The molecule has 0 spiro atoms. The fourth-order valence-electron chi connectivity index (χ4n) is 3.23. The molecule has 2 heterocycles. The number of para-hydroxylation sites is 1. The lowest BCUT2D eigenvalue weighted by molar-refractivity contribution is -0.123. The molecule has 1 atom stereocenters. The van der Waals surface area contributed by atoms with Crippen LogP contribution < -0.4 is 10.6 Å².